The molecular weight excluding hydrogens is 328 g/mol. The molecule has 0 saturated carbocycles. The van der Waals surface area contributed by atoms with Crippen molar-refractivity contribution in [1.82, 2.24) is 20.1 Å². The van der Waals surface area contributed by atoms with Crippen LogP contribution in [-0.4, -0.2) is 20.7 Å². The molecule has 0 atom stereocenters. The molecule has 0 aliphatic rings. The number of rotatable bonds is 4. The quantitative estimate of drug-likeness (QED) is 0.613. The van der Waals surface area contributed by atoms with Crippen LogP contribution in [-0.2, 0) is 6.54 Å². The number of nitrogens with one attached hydrogen (secondary N) is 1. The monoisotopic (exact) mass is 346 g/mol. The standard InChI is InChI=1S/C20H18N4O2/c1-13-15-7-3-4-8-17(15)26-18(13)12-22-20(25)16-11-23-24(14(16)2)19-9-5-6-10-21-19/h3-11H,12H2,1-2H3,(H,22,25). The summed E-state index contributed by atoms with van der Waals surface area (Å²) in [6, 6.07) is 13.4. The maximum atomic E-state index is 12.6. The van der Waals surface area contributed by atoms with Gasteiger partial charge < -0.3 is 9.73 Å². The van der Waals surface area contributed by atoms with Crippen molar-refractivity contribution < 1.29 is 9.21 Å². The van der Waals surface area contributed by atoms with Gasteiger partial charge in [-0.15, -0.1) is 0 Å². The minimum Gasteiger partial charge on any atom is -0.459 e. The molecule has 0 saturated heterocycles. The van der Waals surface area contributed by atoms with Gasteiger partial charge in [0, 0.05) is 17.1 Å². The molecule has 4 aromatic rings. The van der Waals surface area contributed by atoms with Crippen molar-refractivity contribution in [2.45, 2.75) is 20.4 Å². The molecule has 1 N–H and O–H groups in total. The van der Waals surface area contributed by atoms with E-state index in [9.17, 15) is 4.79 Å². The van der Waals surface area contributed by atoms with E-state index < -0.39 is 0 Å². The summed E-state index contributed by atoms with van der Waals surface area (Å²) in [5.74, 6) is 1.25. The fourth-order valence-electron chi connectivity index (χ4n) is 2.99. The molecule has 26 heavy (non-hydrogen) atoms. The predicted molar refractivity (Wildman–Crippen MR) is 98.2 cm³/mol. The number of aromatic nitrogens is 3. The zero-order chi connectivity index (χ0) is 18.1. The molecule has 0 aliphatic carbocycles. The molecule has 4 rings (SSSR count). The maximum absolute atomic E-state index is 12.6. The summed E-state index contributed by atoms with van der Waals surface area (Å²) < 4.78 is 7.50. The van der Waals surface area contributed by atoms with Gasteiger partial charge in [-0.05, 0) is 32.0 Å². The number of hydrogen-bond donors (Lipinski definition) is 1. The highest BCUT2D eigenvalue weighted by atomic mass is 16.3. The average Bonchev–Trinajstić information content (AvgIpc) is 3.21. The number of fused-ring (bicyclic) bond motifs is 1. The molecule has 130 valence electrons. The second-order valence-electron chi connectivity index (χ2n) is 6.07. The van der Waals surface area contributed by atoms with E-state index in [0.29, 0.717) is 17.9 Å². The Hall–Kier alpha value is -3.41. The third-order valence-electron chi connectivity index (χ3n) is 4.47. The van der Waals surface area contributed by atoms with E-state index in [1.54, 1.807) is 17.1 Å². The van der Waals surface area contributed by atoms with Gasteiger partial charge in [-0.3, -0.25) is 4.79 Å². The van der Waals surface area contributed by atoms with Crippen molar-refractivity contribution in [2.24, 2.45) is 0 Å². The Balaban J connectivity index is 1.54. The summed E-state index contributed by atoms with van der Waals surface area (Å²) in [6.07, 6.45) is 3.26. The zero-order valence-electron chi connectivity index (χ0n) is 14.6. The molecule has 0 unspecified atom stereocenters. The van der Waals surface area contributed by atoms with Gasteiger partial charge in [-0.2, -0.15) is 5.10 Å². The van der Waals surface area contributed by atoms with Gasteiger partial charge in [-0.25, -0.2) is 9.67 Å². The topological polar surface area (TPSA) is 73.0 Å². The number of aryl methyl sites for hydroxylation is 1. The van der Waals surface area contributed by atoms with Gasteiger partial charge in [0.15, 0.2) is 5.82 Å². The molecule has 0 fully saturated rings. The van der Waals surface area contributed by atoms with Crippen molar-refractivity contribution >= 4 is 16.9 Å². The van der Waals surface area contributed by atoms with Crippen LogP contribution in [0.2, 0.25) is 0 Å². The number of nitrogens with zero attached hydrogens (tertiary/aromatic N) is 3. The first kappa shape index (κ1) is 16.1. The van der Waals surface area contributed by atoms with Crippen molar-refractivity contribution in [1.29, 1.82) is 0 Å². The lowest BCUT2D eigenvalue weighted by Gasteiger charge is -2.05. The van der Waals surface area contributed by atoms with E-state index in [-0.39, 0.29) is 5.91 Å². The van der Waals surface area contributed by atoms with Gasteiger partial charge in [0.2, 0.25) is 0 Å². The number of para-hydroxylation sites is 1. The van der Waals surface area contributed by atoms with Crippen LogP contribution < -0.4 is 5.32 Å². The first-order valence-corrected chi connectivity index (χ1v) is 8.36. The van der Waals surface area contributed by atoms with Crippen LogP contribution >= 0.6 is 0 Å². The van der Waals surface area contributed by atoms with Gasteiger partial charge in [0.25, 0.3) is 5.91 Å². The molecule has 6 heteroatoms. The van der Waals surface area contributed by atoms with Crippen molar-refractivity contribution in [2.75, 3.05) is 0 Å². The van der Waals surface area contributed by atoms with Crippen molar-refractivity contribution in [3.05, 3.63) is 77.4 Å². The van der Waals surface area contributed by atoms with Crippen LogP contribution in [0.25, 0.3) is 16.8 Å². The number of pyridine rings is 1. The zero-order valence-corrected chi connectivity index (χ0v) is 14.6. The summed E-state index contributed by atoms with van der Waals surface area (Å²) in [5, 5.41) is 8.27. The van der Waals surface area contributed by atoms with Crippen LogP contribution in [0.5, 0.6) is 0 Å². The molecule has 6 nitrogen and oxygen atoms in total. The fourth-order valence-corrected chi connectivity index (χ4v) is 2.99. The molecule has 0 radical (unpaired) electrons. The smallest absolute Gasteiger partial charge is 0.255 e. The Kier molecular flexibility index (Phi) is 4.01. The third-order valence-corrected chi connectivity index (χ3v) is 4.47. The summed E-state index contributed by atoms with van der Waals surface area (Å²) in [6.45, 7) is 4.17. The molecule has 3 heterocycles. The molecule has 1 amide bonds. The van der Waals surface area contributed by atoms with E-state index in [2.05, 4.69) is 15.4 Å². The number of carbonyl (C=O) groups excluding carboxylic acids is 1. The largest absolute Gasteiger partial charge is 0.459 e. The normalized spacial score (nSPS) is 11.0. The number of amides is 1. The minimum atomic E-state index is -0.190. The number of benzene rings is 1. The molecule has 0 spiro atoms. The fraction of sp³-hybridized carbons (Fsp3) is 0.150. The molecule has 0 bridgehead atoms. The van der Waals surface area contributed by atoms with Crippen LogP contribution in [0.15, 0.2) is 59.3 Å². The summed E-state index contributed by atoms with van der Waals surface area (Å²) >= 11 is 0. The van der Waals surface area contributed by atoms with Crippen LogP contribution in [0.3, 0.4) is 0 Å². The van der Waals surface area contributed by atoms with Gasteiger partial charge in [0.1, 0.15) is 11.3 Å². The minimum absolute atomic E-state index is 0.190. The second-order valence-corrected chi connectivity index (χ2v) is 6.07. The van der Waals surface area contributed by atoms with E-state index >= 15 is 0 Å². The predicted octanol–water partition coefficient (Wildman–Crippen LogP) is 3.56. The highest BCUT2D eigenvalue weighted by Crippen LogP contribution is 2.24. The molecule has 3 aromatic heterocycles. The van der Waals surface area contributed by atoms with Gasteiger partial charge >= 0.3 is 0 Å². The summed E-state index contributed by atoms with van der Waals surface area (Å²) in [7, 11) is 0. The first-order valence-electron chi connectivity index (χ1n) is 8.36. The Bertz CT molecular complexity index is 1080. The van der Waals surface area contributed by atoms with E-state index in [4.69, 9.17) is 4.42 Å². The third kappa shape index (κ3) is 2.75. The molecular formula is C20H18N4O2. The Morgan fingerprint density at radius 3 is 2.73 bits per heavy atom. The van der Waals surface area contributed by atoms with E-state index in [1.165, 1.54) is 0 Å². The Labute approximate surface area is 150 Å². The highest BCUT2D eigenvalue weighted by Gasteiger charge is 2.17. The van der Waals surface area contributed by atoms with Crippen LogP contribution in [0.1, 0.15) is 27.4 Å². The lowest BCUT2D eigenvalue weighted by Crippen LogP contribution is -2.23. The van der Waals surface area contributed by atoms with Crippen molar-refractivity contribution in [3.63, 3.8) is 0 Å². The van der Waals surface area contributed by atoms with Gasteiger partial charge in [0.05, 0.1) is 24.0 Å². The number of hydrogen-bond acceptors (Lipinski definition) is 4. The average molecular weight is 346 g/mol. The first-order chi connectivity index (χ1) is 12.6. The van der Waals surface area contributed by atoms with Crippen LogP contribution in [0.4, 0.5) is 0 Å². The lowest BCUT2D eigenvalue weighted by molar-refractivity contribution is 0.0947. The summed E-state index contributed by atoms with van der Waals surface area (Å²) in [5.41, 5.74) is 3.13. The second kappa shape index (κ2) is 6.48. The maximum Gasteiger partial charge on any atom is 0.255 e. The van der Waals surface area contributed by atoms with Gasteiger partial charge in [-0.1, -0.05) is 24.3 Å². The number of carbonyl (C=O) groups is 1. The lowest BCUT2D eigenvalue weighted by atomic mass is 10.1. The van der Waals surface area contributed by atoms with Crippen molar-refractivity contribution in [3.8, 4) is 5.82 Å². The molecule has 1 aromatic carbocycles. The number of furan rings is 1. The van der Waals surface area contributed by atoms with E-state index in [1.807, 2.05) is 56.3 Å². The molecule has 0 aliphatic heterocycles. The van der Waals surface area contributed by atoms with E-state index in [0.717, 1.165) is 28.0 Å². The van der Waals surface area contributed by atoms with Crippen LogP contribution in [0, 0.1) is 13.8 Å². The SMILES string of the molecule is Cc1c(CNC(=O)c2cnn(-c3ccccn3)c2C)oc2ccccc12. The Morgan fingerprint density at radius 1 is 1.15 bits per heavy atom. The highest BCUT2D eigenvalue weighted by molar-refractivity contribution is 5.95. The Morgan fingerprint density at radius 2 is 1.96 bits per heavy atom. The summed E-state index contributed by atoms with van der Waals surface area (Å²) in [4.78, 5) is 16.8.